The molecule has 0 fully saturated rings. The number of rotatable bonds is 6. The summed E-state index contributed by atoms with van der Waals surface area (Å²) in [5.74, 6) is -0.897. The second-order valence-corrected chi connectivity index (χ2v) is 6.14. The number of para-hydroxylation sites is 1. The van der Waals surface area contributed by atoms with Gasteiger partial charge in [-0.25, -0.2) is 0 Å². The van der Waals surface area contributed by atoms with Gasteiger partial charge in [-0.1, -0.05) is 48.5 Å². The Morgan fingerprint density at radius 3 is 2.20 bits per heavy atom. The molecule has 2 aromatic carbocycles. The first-order valence-corrected chi connectivity index (χ1v) is 8.06. The summed E-state index contributed by atoms with van der Waals surface area (Å²) in [5.41, 5.74) is 1.39. The number of anilines is 1. The Balaban J connectivity index is 2.32. The first-order valence-electron chi connectivity index (χ1n) is 6.45. The summed E-state index contributed by atoms with van der Waals surface area (Å²) in [6.45, 7) is 1.79. The zero-order chi connectivity index (χ0) is 14.4. The molecule has 2 rings (SSSR count). The van der Waals surface area contributed by atoms with Gasteiger partial charge in [0.05, 0.1) is 6.61 Å². The molecule has 1 N–H and O–H groups in total. The highest BCUT2D eigenvalue weighted by Crippen LogP contribution is 2.52. The molecule has 4 nitrogen and oxygen atoms in total. The van der Waals surface area contributed by atoms with E-state index in [9.17, 15) is 9.46 Å². The number of benzene rings is 2. The van der Waals surface area contributed by atoms with Crippen LogP contribution >= 0.6 is 7.60 Å². The molecule has 0 spiro atoms. The molecule has 0 aromatic heterocycles. The van der Waals surface area contributed by atoms with E-state index in [1.165, 1.54) is 0 Å². The third-order valence-electron chi connectivity index (χ3n) is 2.82. The average molecular weight is 290 g/mol. The fourth-order valence-corrected chi connectivity index (χ4v) is 3.28. The molecule has 0 aliphatic carbocycles. The van der Waals surface area contributed by atoms with Crippen LogP contribution in [0.1, 0.15) is 18.3 Å². The van der Waals surface area contributed by atoms with E-state index < -0.39 is 13.4 Å². The zero-order valence-electron chi connectivity index (χ0n) is 11.2. The van der Waals surface area contributed by atoms with E-state index >= 15 is 0 Å². The van der Waals surface area contributed by atoms with Crippen LogP contribution in [-0.2, 0) is 9.09 Å². The molecule has 20 heavy (non-hydrogen) atoms. The SMILES string of the molecule is CCOP(=O)([O-])C(Nc1ccccc1)c1ccccc1. The van der Waals surface area contributed by atoms with Gasteiger partial charge < -0.3 is 19.3 Å². The molecule has 0 saturated heterocycles. The lowest BCUT2D eigenvalue weighted by molar-refractivity contribution is -0.200. The van der Waals surface area contributed by atoms with Crippen LogP contribution < -0.4 is 10.2 Å². The maximum atomic E-state index is 12.3. The summed E-state index contributed by atoms with van der Waals surface area (Å²) < 4.78 is 17.2. The number of hydrogen-bond donors (Lipinski definition) is 1. The minimum absolute atomic E-state index is 0.126. The van der Waals surface area contributed by atoms with Crippen LogP contribution in [0.4, 0.5) is 5.69 Å². The van der Waals surface area contributed by atoms with Crippen molar-refractivity contribution in [2.45, 2.75) is 12.7 Å². The minimum Gasteiger partial charge on any atom is -0.777 e. The predicted molar refractivity (Wildman–Crippen MR) is 78.5 cm³/mol. The van der Waals surface area contributed by atoms with Gasteiger partial charge in [0, 0.05) is 5.69 Å². The van der Waals surface area contributed by atoms with Gasteiger partial charge in [0.25, 0.3) is 0 Å². The highest BCUT2D eigenvalue weighted by molar-refractivity contribution is 7.51. The second-order valence-electron chi connectivity index (χ2n) is 4.28. The van der Waals surface area contributed by atoms with Crippen LogP contribution in [0.3, 0.4) is 0 Å². The quantitative estimate of drug-likeness (QED) is 0.828. The molecule has 0 aliphatic heterocycles. The Morgan fingerprint density at radius 2 is 1.65 bits per heavy atom. The zero-order valence-corrected chi connectivity index (χ0v) is 12.1. The lowest BCUT2D eigenvalue weighted by Gasteiger charge is -2.33. The van der Waals surface area contributed by atoms with Gasteiger partial charge >= 0.3 is 0 Å². The van der Waals surface area contributed by atoms with Crippen molar-refractivity contribution in [2.24, 2.45) is 0 Å². The molecule has 0 aliphatic rings. The van der Waals surface area contributed by atoms with Gasteiger partial charge in [-0.15, -0.1) is 0 Å². The first-order chi connectivity index (χ1) is 9.63. The lowest BCUT2D eigenvalue weighted by Crippen LogP contribution is -2.20. The average Bonchev–Trinajstić information content (AvgIpc) is 2.46. The molecule has 2 aromatic rings. The van der Waals surface area contributed by atoms with E-state index in [2.05, 4.69) is 5.32 Å². The molecule has 0 amide bonds. The summed E-state index contributed by atoms with van der Waals surface area (Å²) in [5, 5.41) is 3.02. The van der Waals surface area contributed by atoms with Crippen molar-refractivity contribution in [2.75, 3.05) is 11.9 Å². The van der Waals surface area contributed by atoms with E-state index in [0.29, 0.717) is 5.56 Å². The molecular weight excluding hydrogens is 273 g/mol. The maximum absolute atomic E-state index is 12.3. The Labute approximate surface area is 119 Å². The van der Waals surface area contributed by atoms with E-state index in [0.717, 1.165) is 5.69 Å². The number of nitrogens with one attached hydrogen (secondary N) is 1. The smallest absolute Gasteiger partial charge is 0.161 e. The van der Waals surface area contributed by atoms with Gasteiger partial charge in [-0.2, -0.15) is 0 Å². The van der Waals surface area contributed by atoms with E-state index in [1.54, 1.807) is 31.2 Å². The normalized spacial score (nSPS) is 15.3. The minimum atomic E-state index is -4.05. The van der Waals surface area contributed by atoms with Crippen LogP contribution in [0.2, 0.25) is 0 Å². The highest BCUT2D eigenvalue weighted by atomic mass is 31.2. The van der Waals surface area contributed by atoms with Gasteiger partial charge in [-0.3, -0.25) is 0 Å². The van der Waals surface area contributed by atoms with Gasteiger partial charge in [-0.05, 0) is 24.6 Å². The van der Waals surface area contributed by atoms with Crippen LogP contribution in [0.5, 0.6) is 0 Å². The van der Waals surface area contributed by atoms with Crippen LogP contribution in [0.15, 0.2) is 60.7 Å². The van der Waals surface area contributed by atoms with E-state index in [-0.39, 0.29) is 6.61 Å². The third-order valence-corrected chi connectivity index (χ3v) is 4.50. The molecule has 106 valence electrons. The van der Waals surface area contributed by atoms with Crippen molar-refractivity contribution in [1.29, 1.82) is 0 Å². The van der Waals surface area contributed by atoms with E-state index in [4.69, 9.17) is 4.52 Å². The maximum Gasteiger partial charge on any atom is 0.161 e. The Morgan fingerprint density at radius 1 is 1.10 bits per heavy atom. The molecule has 0 bridgehead atoms. The second kappa shape index (κ2) is 6.71. The molecule has 0 radical (unpaired) electrons. The van der Waals surface area contributed by atoms with Crippen molar-refractivity contribution in [3.05, 3.63) is 66.2 Å². The molecule has 0 saturated carbocycles. The molecule has 2 atom stereocenters. The summed E-state index contributed by atoms with van der Waals surface area (Å²) in [6, 6.07) is 18.2. The van der Waals surface area contributed by atoms with Crippen molar-refractivity contribution in [3.63, 3.8) is 0 Å². The molecular formula is C15H17NO3P-. The summed E-state index contributed by atoms with van der Waals surface area (Å²) in [7, 11) is -4.05. The van der Waals surface area contributed by atoms with Gasteiger partial charge in [0.2, 0.25) is 0 Å². The van der Waals surface area contributed by atoms with Crippen LogP contribution in [0.25, 0.3) is 0 Å². The molecule has 5 heteroatoms. The van der Waals surface area contributed by atoms with Crippen LogP contribution in [0, 0.1) is 0 Å². The topological polar surface area (TPSA) is 61.4 Å². The molecule has 0 heterocycles. The Bertz CT molecular complexity index is 574. The highest BCUT2D eigenvalue weighted by Gasteiger charge is 2.24. The summed E-state index contributed by atoms with van der Waals surface area (Å²) in [4.78, 5) is 12.3. The molecule has 2 unspecified atom stereocenters. The van der Waals surface area contributed by atoms with Crippen molar-refractivity contribution in [3.8, 4) is 0 Å². The van der Waals surface area contributed by atoms with E-state index in [1.807, 2.05) is 36.4 Å². The monoisotopic (exact) mass is 290 g/mol. The fraction of sp³-hybridized carbons (Fsp3) is 0.200. The van der Waals surface area contributed by atoms with Crippen molar-refractivity contribution < 1.29 is 14.0 Å². The lowest BCUT2D eigenvalue weighted by atomic mass is 10.2. The van der Waals surface area contributed by atoms with Gasteiger partial charge in [0.1, 0.15) is 5.78 Å². The Kier molecular flexibility index (Phi) is 4.96. The largest absolute Gasteiger partial charge is 0.777 e. The summed E-state index contributed by atoms with van der Waals surface area (Å²) in [6.07, 6.45) is 0. The van der Waals surface area contributed by atoms with Crippen molar-refractivity contribution in [1.82, 2.24) is 0 Å². The Hall–Kier alpha value is -1.61. The summed E-state index contributed by atoms with van der Waals surface area (Å²) >= 11 is 0. The fourth-order valence-electron chi connectivity index (χ4n) is 1.93. The first kappa shape index (κ1) is 14.8. The van der Waals surface area contributed by atoms with Gasteiger partial charge in [0.15, 0.2) is 7.60 Å². The standard InChI is InChI=1S/C15H18NO3P/c1-2-19-20(17,18)15(13-9-5-3-6-10-13)16-14-11-7-4-8-12-14/h3-12,15-16H,2H2,1H3,(H,17,18)/p-1. The predicted octanol–water partition coefficient (Wildman–Crippen LogP) is 3.39. The van der Waals surface area contributed by atoms with Crippen molar-refractivity contribution >= 4 is 13.3 Å². The third kappa shape index (κ3) is 3.70. The van der Waals surface area contributed by atoms with Crippen LogP contribution in [-0.4, -0.2) is 6.61 Å². The number of hydrogen-bond acceptors (Lipinski definition) is 4.